The van der Waals surface area contributed by atoms with Crippen molar-refractivity contribution in [2.45, 2.75) is 6.92 Å². The predicted molar refractivity (Wildman–Crippen MR) is 49.5 cm³/mol. The summed E-state index contributed by atoms with van der Waals surface area (Å²) in [5.74, 6) is -1.87. The van der Waals surface area contributed by atoms with E-state index in [-0.39, 0.29) is 10.9 Å². The number of carbonyl (C=O) groups excluding carboxylic acids is 2. The Balaban J connectivity index is 3.72. The molecule has 0 saturated heterocycles. The van der Waals surface area contributed by atoms with Crippen LogP contribution in [-0.4, -0.2) is 22.8 Å². The SMILES string of the molecule is CCOC(=O)C(=O)NNC(=S)S. The molecule has 0 aliphatic rings. The van der Waals surface area contributed by atoms with Gasteiger partial charge in [-0.2, -0.15) is 0 Å². The quantitative estimate of drug-likeness (QED) is 0.176. The maximum atomic E-state index is 10.7. The van der Waals surface area contributed by atoms with E-state index in [1.54, 1.807) is 6.92 Å². The molecule has 0 fully saturated rings. The Morgan fingerprint density at radius 3 is 2.50 bits per heavy atom. The number of hydrogen-bond acceptors (Lipinski definition) is 4. The summed E-state index contributed by atoms with van der Waals surface area (Å²) < 4.78 is 4.44. The number of thiocarbonyl (C=S) groups is 1. The third-order valence-corrected chi connectivity index (χ3v) is 0.958. The van der Waals surface area contributed by atoms with Crippen molar-refractivity contribution in [3.8, 4) is 0 Å². The Morgan fingerprint density at radius 1 is 1.50 bits per heavy atom. The zero-order valence-corrected chi connectivity index (χ0v) is 8.00. The predicted octanol–water partition coefficient (Wildman–Crippen LogP) is -0.615. The van der Waals surface area contributed by atoms with E-state index < -0.39 is 11.9 Å². The number of amides is 1. The molecule has 0 unspecified atom stereocenters. The van der Waals surface area contributed by atoms with Gasteiger partial charge in [0.05, 0.1) is 6.61 Å². The van der Waals surface area contributed by atoms with E-state index in [1.165, 1.54) is 0 Å². The molecule has 0 spiro atoms. The summed E-state index contributed by atoms with van der Waals surface area (Å²) in [4.78, 5) is 21.3. The van der Waals surface area contributed by atoms with Crippen molar-refractivity contribution in [2.24, 2.45) is 0 Å². The zero-order valence-electron chi connectivity index (χ0n) is 6.29. The van der Waals surface area contributed by atoms with Crippen LogP contribution in [0.15, 0.2) is 0 Å². The minimum atomic E-state index is -0.963. The molecule has 1 amide bonds. The lowest BCUT2D eigenvalue weighted by Gasteiger charge is -2.04. The number of hydrogen-bond donors (Lipinski definition) is 3. The second kappa shape index (κ2) is 5.78. The molecule has 0 aliphatic carbocycles. The molecule has 0 bridgehead atoms. The van der Waals surface area contributed by atoms with E-state index in [2.05, 4.69) is 35.0 Å². The standard InChI is InChI=1S/C5H8N2O3S2/c1-2-10-4(9)3(8)6-7-5(11)12/h2H2,1H3,(H,6,8)(H2,7,11,12). The van der Waals surface area contributed by atoms with Gasteiger partial charge in [-0.3, -0.25) is 15.6 Å². The van der Waals surface area contributed by atoms with Crippen LogP contribution in [0.2, 0.25) is 0 Å². The van der Waals surface area contributed by atoms with Gasteiger partial charge >= 0.3 is 11.9 Å². The largest absolute Gasteiger partial charge is 0.459 e. The molecule has 5 nitrogen and oxygen atoms in total. The van der Waals surface area contributed by atoms with Crippen molar-refractivity contribution in [3.63, 3.8) is 0 Å². The van der Waals surface area contributed by atoms with Crippen LogP contribution in [0.5, 0.6) is 0 Å². The Morgan fingerprint density at radius 2 is 2.08 bits per heavy atom. The summed E-state index contributed by atoms with van der Waals surface area (Å²) in [6.45, 7) is 1.75. The molecule has 0 aliphatic heterocycles. The van der Waals surface area contributed by atoms with Crippen molar-refractivity contribution in [2.75, 3.05) is 6.61 Å². The van der Waals surface area contributed by atoms with Crippen LogP contribution in [-0.2, 0) is 14.3 Å². The number of esters is 1. The van der Waals surface area contributed by atoms with Gasteiger partial charge in [0.1, 0.15) is 4.32 Å². The lowest BCUT2D eigenvalue weighted by atomic mass is 10.6. The van der Waals surface area contributed by atoms with Crippen LogP contribution in [0.1, 0.15) is 6.92 Å². The molecule has 0 aromatic heterocycles. The maximum Gasteiger partial charge on any atom is 0.398 e. The van der Waals surface area contributed by atoms with Gasteiger partial charge in [0.15, 0.2) is 0 Å². The summed E-state index contributed by atoms with van der Waals surface area (Å²) in [5.41, 5.74) is 4.17. The van der Waals surface area contributed by atoms with E-state index in [1.807, 2.05) is 5.43 Å². The van der Waals surface area contributed by atoms with Crippen LogP contribution in [0.25, 0.3) is 0 Å². The zero-order chi connectivity index (χ0) is 9.56. The average Bonchev–Trinajstić information content (AvgIpc) is 2.00. The molecule has 2 N–H and O–H groups in total. The summed E-state index contributed by atoms with van der Waals surface area (Å²) in [7, 11) is 0. The molecule has 12 heavy (non-hydrogen) atoms. The van der Waals surface area contributed by atoms with Crippen LogP contribution >= 0.6 is 24.8 Å². The van der Waals surface area contributed by atoms with Crippen molar-refractivity contribution >= 4 is 41.0 Å². The third kappa shape index (κ3) is 4.91. The van der Waals surface area contributed by atoms with Gasteiger partial charge in [0, 0.05) is 0 Å². The number of nitrogens with one attached hydrogen (secondary N) is 2. The summed E-state index contributed by atoms with van der Waals surface area (Å²) in [6.07, 6.45) is 0. The first-order valence-corrected chi connectivity index (χ1v) is 3.89. The molecule has 68 valence electrons. The fraction of sp³-hybridized carbons (Fsp3) is 0.400. The monoisotopic (exact) mass is 208 g/mol. The van der Waals surface area contributed by atoms with Crippen LogP contribution in [0.3, 0.4) is 0 Å². The molecule has 7 heteroatoms. The average molecular weight is 208 g/mol. The molecular formula is C5H8N2O3S2. The fourth-order valence-corrected chi connectivity index (χ4v) is 0.465. The van der Waals surface area contributed by atoms with Crippen molar-refractivity contribution in [1.82, 2.24) is 10.9 Å². The molecule has 0 saturated carbocycles. The molecule has 0 atom stereocenters. The van der Waals surface area contributed by atoms with Crippen molar-refractivity contribution < 1.29 is 14.3 Å². The number of carbonyl (C=O) groups is 2. The highest BCUT2D eigenvalue weighted by Gasteiger charge is 2.13. The molecule has 0 aromatic rings. The highest BCUT2D eigenvalue weighted by molar-refractivity contribution is 8.11. The highest BCUT2D eigenvalue weighted by atomic mass is 32.1. The van der Waals surface area contributed by atoms with Gasteiger partial charge < -0.3 is 4.74 Å². The normalized spacial score (nSPS) is 8.50. The number of thiol groups is 1. The second-order valence-electron chi connectivity index (χ2n) is 1.60. The first-order valence-electron chi connectivity index (χ1n) is 3.04. The van der Waals surface area contributed by atoms with Gasteiger partial charge in [-0.25, -0.2) is 4.79 Å². The fourth-order valence-electron chi connectivity index (χ4n) is 0.358. The van der Waals surface area contributed by atoms with Gasteiger partial charge in [-0.15, -0.1) is 12.6 Å². The Labute approximate surface area is 80.2 Å². The van der Waals surface area contributed by atoms with Gasteiger partial charge in [0.2, 0.25) is 0 Å². The number of hydrazine groups is 1. The van der Waals surface area contributed by atoms with E-state index in [0.717, 1.165) is 0 Å². The second-order valence-corrected chi connectivity index (χ2v) is 2.76. The topological polar surface area (TPSA) is 67.4 Å². The summed E-state index contributed by atoms with van der Waals surface area (Å²) in [5, 5.41) is 0. The highest BCUT2D eigenvalue weighted by Crippen LogP contribution is 1.78. The molecule has 0 radical (unpaired) electrons. The van der Waals surface area contributed by atoms with Crippen LogP contribution in [0, 0.1) is 0 Å². The maximum absolute atomic E-state index is 10.7. The minimum Gasteiger partial charge on any atom is -0.459 e. The van der Waals surface area contributed by atoms with Gasteiger partial charge in [-0.1, -0.05) is 12.2 Å². The summed E-state index contributed by atoms with van der Waals surface area (Å²) >= 11 is 8.10. The molecule has 0 aromatic carbocycles. The van der Waals surface area contributed by atoms with Crippen molar-refractivity contribution in [1.29, 1.82) is 0 Å². The third-order valence-electron chi connectivity index (χ3n) is 0.744. The van der Waals surface area contributed by atoms with E-state index in [0.29, 0.717) is 0 Å². The van der Waals surface area contributed by atoms with Crippen LogP contribution < -0.4 is 10.9 Å². The van der Waals surface area contributed by atoms with E-state index in [9.17, 15) is 9.59 Å². The van der Waals surface area contributed by atoms with Crippen LogP contribution in [0.4, 0.5) is 0 Å². The van der Waals surface area contributed by atoms with Gasteiger partial charge in [0.25, 0.3) is 0 Å². The Bertz CT molecular complexity index is 207. The Kier molecular flexibility index (Phi) is 5.39. The van der Waals surface area contributed by atoms with Gasteiger partial charge in [-0.05, 0) is 6.92 Å². The Hall–Kier alpha value is -0.820. The smallest absolute Gasteiger partial charge is 0.398 e. The first kappa shape index (κ1) is 11.2. The molecule has 0 heterocycles. The summed E-state index contributed by atoms with van der Waals surface area (Å²) in [6, 6.07) is 0. The van der Waals surface area contributed by atoms with Crippen molar-refractivity contribution in [3.05, 3.63) is 0 Å². The first-order chi connectivity index (χ1) is 5.57. The van der Waals surface area contributed by atoms with E-state index >= 15 is 0 Å². The number of ether oxygens (including phenoxy) is 1. The molecular weight excluding hydrogens is 200 g/mol. The molecule has 0 rings (SSSR count). The lowest BCUT2D eigenvalue weighted by molar-refractivity contribution is -0.154. The minimum absolute atomic E-state index is 0.0626. The lowest BCUT2D eigenvalue weighted by Crippen LogP contribution is -2.43. The number of rotatable bonds is 1. The van der Waals surface area contributed by atoms with E-state index in [4.69, 9.17) is 0 Å².